The summed E-state index contributed by atoms with van der Waals surface area (Å²) in [5, 5.41) is 14.2. The van der Waals surface area contributed by atoms with Crippen LogP contribution in [-0.4, -0.2) is 47.7 Å². The number of allylic oxidation sites excluding steroid dienone is 4. The lowest BCUT2D eigenvalue weighted by Gasteiger charge is -2.31. The van der Waals surface area contributed by atoms with Crippen LogP contribution in [0.5, 0.6) is 0 Å². The number of nitrogens with one attached hydrogen (secondary N) is 1. The summed E-state index contributed by atoms with van der Waals surface area (Å²) < 4.78 is 11.5. The van der Waals surface area contributed by atoms with E-state index in [1.807, 2.05) is 43.3 Å². The first-order chi connectivity index (χ1) is 15.6. The van der Waals surface area contributed by atoms with Crippen molar-refractivity contribution in [3.8, 4) is 0 Å². The summed E-state index contributed by atoms with van der Waals surface area (Å²) >= 11 is 0. The predicted molar refractivity (Wildman–Crippen MR) is 123 cm³/mol. The number of amides is 1. The summed E-state index contributed by atoms with van der Waals surface area (Å²) in [5.41, 5.74) is 3.11. The van der Waals surface area contributed by atoms with Crippen molar-refractivity contribution in [3.63, 3.8) is 0 Å². The van der Waals surface area contributed by atoms with E-state index in [2.05, 4.69) is 16.3 Å². The van der Waals surface area contributed by atoms with E-state index >= 15 is 0 Å². The summed E-state index contributed by atoms with van der Waals surface area (Å²) in [6, 6.07) is 7.42. The highest BCUT2D eigenvalue weighted by Gasteiger charge is 2.31. The molecule has 0 bridgehead atoms. The Balaban J connectivity index is 1.44. The molecule has 0 aromatic heterocycles. The van der Waals surface area contributed by atoms with E-state index < -0.39 is 12.1 Å². The minimum Gasteiger partial charge on any atom is -0.465 e. The zero-order chi connectivity index (χ0) is 22.3. The molecule has 1 aromatic carbocycles. The molecule has 0 spiro atoms. The number of hydrogen-bond donors (Lipinski definition) is 2. The quantitative estimate of drug-likeness (QED) is 0.653. The maximum atomic E-state index is 12.8. The van der Waals surface area contributed by atoms with E-state index in [0.29, 0.717) is 18.1 Å². The number of rotatable bonds is 8. The van der Waals surface area contributed by atoms with E-state index in [1.165, 1.54) is 6.26 Å². The molecular formula is C26H32N2O4. The number of carbonyl (C=O) groups is 1. The van der Waals surface area contributed by atoms with Gasteiger partial charge < -0.3 is 24.8 Å². The largest absolute Gasteiger partial charge is 0.465 e. The second-order valence-electron chi connectivity index (χ2n) is 8.69. The van der Waals surface area contributed by atoms with Crippen LogP contribution >= 0.6 is 0 Å². The molecule has 2 aliphatic heterocycles. The van der Waals surface area contributed by atoms with Gasteiger partial charge in [0.1, 0.15) is 18.6 Å². The topological polar surface area (TPSA) is 71.0 Å². The van der Waals surface area contributed by atoms with Crippen LogP contribution in [0.2, 0.25) is 0 Å². The highest BCUT2D eigenvalue weighted by molar-refractivity contribution is 5.79. The first-order valence-electron chi connectivity index (χ1n) is 11.4. The third-order valence-electron chi connectivity index (χ3n) is 6.04. The van der Waals surface area contributed by atoms with E-state index in [1.54, 1.807) is 6.26 Å². The smallest absolute Gasteiger partial charge is 0.224 e. The van der Waals surface area contributed by atoms with Crippen LogP contribution in [0.1, 0.15) is 36.8 Å². The average Bonchev–Trinajstić information content (AvgIpc) is 3.32. The summed E-state index contributed by atoms with van der Waals surface area (Å²) in [4.78, 5) is 15.1. The molecule has 2 N–H and O–H groups in total. The lowest BCUT2D eigenvalue weighted by Crippen LogP contribution is -2.51. The monoisotopic (exact) mass is 436 g/mol. The molecule has 2 atom stereocenters. The minimum atomic E-state index is -1.01. The molecule has 0 saturated carbocycles. The van der Waals surface area contributed by atoms with Crippen molar-refractivity contribution < 1.29 is 19.4 Å². The first kappa shape index (κ1) is 22.4. The van der Waals surface area contributed by atoms with Crippen LogP contribution < -0.4 is 5.32 Å². The molecule has 1 aliphatic carbocycles. The second kappa shape index (κ2) is 10.7. The van der Waals surface area contributed by atoms with Gasteiger partial charge in [-0.25, -0.2) is 0 Å². The number of benzene rings is 1. The van der Waals surface area contributed by atoms with Gasteiger partial charge in [-0.1, -0.05) is 48.1 Å². The normalized spacial score (nSPS) is 20.4. The van der Waals surface area contributed by atoms with Gasteiger partial charge in [-0.2, -0.15) is 0 Å². The van der Waals surface area contributed by atoms with Gasteiger partial charge in [-0.15, -0.1) is 0 Å². The summed E-state index contributed by atoms with van der Waals surface area (Å²) in [6.45, 7) is 4.51. The van der Waals surface area contributed by atoms with Gasteiger partial charge in [0.25, 0.3) is 0 Å². The molecule has 32 heavy (non-hydrogen) atoms. The van der Waals surface area contributed by atoms with Crippen molar-refractivity contribution in [1.29, 1.82) is 0 Å². The van der Waals surface area contributed by atoms with Crippen LogP contribution in [-0.2, 0) is 20.7 Å². The molecule has 0 unspecified atom stereocenters. The SMILES string of the molecule is Cc1cccc(CC(=O)N[C@H](CN2CCCC2)[C@@H](O)C2=COC=C(C3=CC=CCC3)O2)c1. The van der Waals surface area contributed by atoms with Crippen LogP contribution in [0, 0.1) is 6.92 Å². The molecule has 1 fully saturated rings. The number of aryl methyl sites for hydroxylation is 1. The molecule has 3 aliphatic rings. The fourth-order valence-corrected chi connectivity index (χ4v) is 4.35. The zero-order valence-electron chi connectivity index (χ0n) is 18.6. The summed E-state index contributed by atoms with van der Waals surface area (Å²) in [7, 11) is 0. The third kappa shape index (κ3) is 5.90. The Hall–Kier alpha value is -2.83. The van der Waals surface area contributed by atoms with E-state index in [9.17, 15) is 9.90 Å². The Labute approximate surface area is 189 Å². The Bertz CT molecular complexity index is 941. The van der Waals surface area contributed by atoms with Crippen molar-refractivity contribution >= 4 is 5.91 Å². The van der Waals surface area contributed by atoms with Crippen LogP contribution in [0.3, 0.4) is 0 Å². The van der Waals surface area contributed by atoms with Gasteiger partial charge >= 0.3 is 0 Å². The van der Waals surface area contributed by atoms with E-state index in [0.717, 1.165) is 55.5 Å². The number of ether oxygens (including phenoxy) is 2. The molecule has 4 rings (SSSR count). The lowest BCUT2D eigenvalue weighted by atomic mass is 10.0. The van der Waals surface area contributed by atoms with Crippen LogP contribution in [0.25, 0.3) is 0 Å². The van der Waals surface area contributed by atoms with Gasteiger partial charge in [0.15, 0.2) is 11.5 Å². The third-order valence-corrected chi connectivity index (χ3v) is 6.04. The number of likely N-dealkylation sites (tertiary alicyclic amines) is 1. The van der Waals surface area contributed by atoms with Gasteiger partial charge in [0.05, 0.1) is 12.5 Å². The van der Waals surface area contributed by atoms with Crippen molar-refractivity contribution in [2.75, 3.05) is 19.6 Å². The Morgan fingerprint density at radius 1 is 1.25 bits per heavy atom. The van der Waals surface area contributed by atoms with Gasteiger partial charge in [0.2, 0.25) is 5.91 Å². The lowest BCUT2D eigenvalue weighted by molar-refractivity contribution is -0.122. The molecule has 2 heterocycles. The average molecular weight is 437 g/mol. The fourth-order valence-electron chi connectivity index (χ4n) is 4.35. The predicted octanol–water partition coefficient (Wildman–Crippen LogP) is 3.49. The molecular weight excluding hydrogens is 404 g/mol. The number of carbonyl (C=O) groups excluding carboxylic acids is 1. The maximum absolute atomic E-state index is 12.8. The Kier molecular flexibility index (Phi) is 7.45. The standard InChI is InChI=1S/C26H32N2O4/c1-19-8-7-9-20(14-19)15-25(29)27-22(16-28-12-5-6-13-28)26(30)24-18-31-17-23(32-24)21-10-3-2-4-11-21/h2-3,7-10,14,17-18,22,26,30H,4-6,11-13,15-16H2,1H3,(H,27,29)/t22-,26-/m1/s1. The molecule has 1 amide bonds. The Morgan fingerprint density at radius 3 is 2.84 bits per heavy atom. The molecule has 6 nitrogen and oxygen atoms in total. The van der Waals surface area contributed by atoms with Gasteiger partial charge in [0, 0.05) is 6.54 Å². The van der Waals surface area contributed by atoms with Crippen molar-refractivity contribution in [2.45, 2.75) is 51.2 Å². The number of aliphatic hydroxyl groups excluding tert-OH is 1. The molecule has 170 valence electrons. The number of aliphatic hydroxyl groups is 1. The number of nitrogens with zero attached hydrogens (tertiary/aromatic N) is 1. The second-order valence-corrected chi connectivity index (χ2v) is 8.69. The van der Waals surface area contributed by atoms with Crippen molar-refractivity contribution in [2.24, 2.45) is 0 Å². The van der Waals surface area contributed by atoms with Crippen molar-refractivity contribution in [3.05, 3.63) is 83.2 Å². The molecule has 1 saturated heterocycles. The van der Waals surface area contributed by atoms with E-state index in [-0.39, 0.29) is 12.3 Å². The van der Waals surface area contributed by atoms with E-state index in [4.69, 9.17) is 9.47 Å². The number of hydrogen-bond acceptors (Lipinski definition) is 5. The Morgan fingerprint density at radius 2 is 2.09 bits per heavy atom. The summed E-state index contributed by atoms with van der Waals surface area (Å²) in [6.07, 6.45) is 12.4. The van der Waals surface area contributed by atoms with Gasteiger partial charge in [-0.05, 0) is 56.8 Å². The fraction of sp³-hybridized carbons (Fsp3) is 0.423. The van der Waals surface area contributed by atoms with Gasteiger partial charge in [-0.3, -0.25) is 4.79 Å². The maximum Gasteiger partial charge on any atom is 0.224 e. The first-order valence-corrected chi connectivity index (χ1v) is 11.4. The molecule has 1 aromatic rings. The minimum absolute atomic E-state index is 0.118. The summed E-state index contributed by atoms with van der Waals surface area (Å²) in [5.74, 6) is 0.807. The van der Waals surface area contributed by atoms with Crippen LogP contribution in [0.4, 0.5) is 0 Å². The zero-order valence-corrected chi connectivity index (χ0v) is 18.6. The highest BCUT2D eigenvalue weighted by Crippen LogP contribution is 2.28. The highest BCUT2D eigenvalue weighted by atomic mass is 16.6. The van der Waals surface area contributed by atoms with Crippen LogP contribution in [0.15, 0.2) is 72.1 Å². The van der Waals surface area contributed by atoms with Crippen molar-refractivity contribution in [1.82, 2.24) is 10.2 Å². The molecule has 0 radical (unpaired) electrons. The molecule has 6 heteroatoms.